The maximum Gasteiger partial charge on any atom is 0.422 e. The zero-order chi connectivity index (χ0) is 32.5. The second-order valence-electron chi connectivity index (χ2n) is 11.9. The number of benzene rings is 3. The van der Waals surface area contributed by atoms with Crippen LogP contribution < -0.4 is 19.7 Å². The number of hydrogen-bond acceptors (Lipinski definition) is 7. The summed E-state index contributed by atoms with van der Waals surface area (Å²) in [5.41, 5.74) is 4.04. The third-order valence-corrected chi connectivity index (χ3v) is 7.56. The van der Waals surface area contributed by atoms with Gasteiger partial charge in [-0.1, -0.05) is 36.4 Å². The fourth-order valence-electron chi connectivity index (χ4n) is 5.60. The number of hydrogen-bond donors (Lipinski definition) is 1. The standard InChI is InChI=1S/C35H40F3N3O4/c1-25(40-34(2,3)15-19-43-30-12-7-8-13-31(30)45-24-35(36,37)38)20-26-21-28-14-17-41(32(28)29(22-26)23-39)16-9-18-44-33(42)27-10-5-4-6-11-27/h4-8,10-13,21-22,25,40H,9,14-20,24H2,1-3H3/t25-/m1/s1. The second-order valence-corrected chi connectivity index (χ2v) is 11.9. The molecule has 7 nitrogen and oxygen atoms in total. The summed E-state index contributed by atoms with van der Waals surface area (Å²) >= 11 is 0. The molecule has 0 fully saturated rings. The van der Waals surface area contributed by atoms with Crippen molar-refractivity contribution in [3.8, 4) is 17.6 Å². The molecule has 0 spiro atoms. The first-order valence-corrected chi connectivity index (χ1v) is 15.2. The molecule has 0 aliphatic carbocycles. The zero-order valence-electron chi connectivity index (χ0n) is 26.0. The van der Waals surface area contributed by atoms with E-state index in [1.54, 1.807) is 42.5 Å². The summed E-state index contributed by atoms with van der Waals surface area (Å²) in [5.74, 6) is -0.00283. The number of fused-ring (bicyclic) bond motifs is 1. The molecule has 3 aromatic carbocycles. The fraction of sp³-hybridized carbons (Fsp3) is 0.429. The Labute approximate surface area is 262 Å². The molecule has 0 amide bonds. The minimum absolute atomic E-state index is 0.0592. The molecule has 240 valence electrons. The zero-order valence-corrected chi connectivity index (χ0v) is 26.0. The number of nitrogens with zero attached hydrogens (tertiary/aromatic N) is 2. The van der Waals surface area contributed by atoms with Crippen LogP contribution >= 0.6 is 0 Å². The van der Waals surface area contributed by atoms with Gasteiger partial charge in [0.2, 0.25) is 0 Å². The van der Waals surface area contributed by atoms with E-state index < -0.39 is 12.8 Å². The van der Waals surface area contributed by atoms with E-state index in [4.69, 9.17) is 14.2 Å². The second kappa shape index (κ2) is 15.2. The highest BCUT2D eigenvalue weighted by Gasteiger charge is 2.29. The molecule has 0 radical (unpaired) electrons. The Kier molecular flexibility index (Phi) is 11.3. The fourth-order valence-corrected chi connectivity index (χ4v) is 5.60. The van der Waals surface area contributed by atoms with Gasteiger partial charge in [-0.3, -0.25) is 0 Å². The van der Waals surface area contributed by atoms with Crippen molar-refractivity contribution in [2.45, 2.75) is 64.2 Å². The molecule has 45 heavy (non-hydrogen) atoms. The number of halogens is 3. The summed E-state index contributed by atoms with van der Waals surface area (Å²) < 4.78 is 53.9. The largest absolute Gasteiger partial charge is 0.490 e. The van der Waals surface area contributed by atoms with Gasteiger partial charge in [-0.25, -0.2) is 4.79 Å². The van der Waals surface area contributed by atoms with Gasteiger partial charge >= 0.3 is 12.1 Å². The third kappa shape index (κ3) is 10.1. The lowest BCUT2D eigenvalue weighted by Gasteiger charge is -2.31. The topological polar surface area (TPSA) is 83.8 Å². The molecule has 1 heterocycles. The number of alkyl halides is 3. The quantitative estimate of drug-likeness (QED) is 0.146. The average molecular weight is 624 g/mol. The molecule has 0 aromatic heterocycles. The van der Waals surface area contributed by atoms with Crippen LogP contribution in [-0.4, -0.2) is 56.6 Å². The van der Waals surface area contributed by atoms with E-state index >= 15 is 0 Å². The Morgan fingerprint density at radius 3 is 2.40 bits per heavy atom. The predicted octanol–water partition coefficient (Wildman–Crippen LogP) is 6.88. The van der Waals surface area contributed by atoms with Crippen LogP contribution in [0.25, 0.3) is 0 Å². The van der Waals surface area contributed by atoms with Gasteiger partial charge < -0.3 is 24.4 Å². The van der Waals surface area contributed by atoms with E-state index in [9.17, 15) is 23.2 Å². The lowest BCUT2D eigenvalue weighted by Crippen LogP contribution is -2.46. The van der Waals surface area contributed by atoms with Crippen molar-refractivity contribution in [3.05, 3.63) is 89.0 Å². The Balaban J connectivity index is 1.26. The van der Waals surface area contributed by atoms with Gasteiger partial charge in [0, 0.05) is 24.7 Å². The van der Waals surface area contributed by atoms with Crippen molar-refractivity contribution in [2.75, 3.05) is 37.8 Å². The van der Waals surface area contributed by atoms with Gasteiger partial charge in [0.15, 0.2) is 18.1 Å². The summed E-state index contributed by atoms with van der Waals surface area (Å²) in [5, 5.41) is 13.6. The molecule has 1 aliphatic heterocycles. The van der Waals surface area contributed by atoms with Crippen LogP contribution in [0.1, 0.15) is 60.7 Å². The number of nitriles is 1. The van der Waals surface area contributed by atoms with E-state index in [1.807, 2.05) is 12.1 Å². The summed E-state index contributed by atoms with van der Waals surface area (Å²) in [6.45, 7) is 6.92. The molecule has 1 atom stereocenters. The van der Waals surface area contributed by atoms with E-state index in [0.29, 0.717) is 37.1 Å². The van der Waals surface area contributed by atoms with Crippen LogP contribution in [0.2, 0.25) is 0 Å². The summed E-state index contributed by atoms with van der Waals surface area (Å²) in [7, 11) is 0. The van der Waals surface area contributed by atoms with Gasteiger partial charge in [0.1, 0.15) is 6.07 Å². The van der Waals surface area contributed by atoms with E-state index in [2.05, 4.69) is 43.1 Å². The molecule has 0 unspecified atom stereocenters. The minimum Gasteiger partial charge on any atom is -0.490 e. The highest BCUT2D eigenvalue weighted by atomic mass is 19.4. The highest BCUT2D eigenvalue weighted by Crippen LogP contribution is 2.34. The van der Waals surface area contributed by atoms with E-state index in [1.165, 1.54) is 6.07 Å². The van der Waals surface area contributed by atoms with Gasteiger partial charge in [-0.2, -0.15) is 18.4 Å². The van der Waals surface area contributed by atoms with Crippen molar-refractivity contribution in [3.63, 3.8) is 0 Å². The average Bonchev–Trinajstić information content (AvgIpc) is 3.40. The number of rotatable bonds is 15. The van der Waals surface area contributed by atoms with Gasteiger partial charge in [0.05, 0.1) is 30.0 Å². The van der Waals surface area contributed by atoms with Crippen molar-refractivity contribution in [1.82, 2.24) is 5.32 Å². The van der Waals surface area contributed by atoms with Crippen LogP contribution in [0.5, 0.6) is 11.5 Å². The lowest BCUT2D eigenvalue weighted by molar-refractivity contribution is -0.153. The molecular weight excluding hydrogens is 583 g/mol. The van der Waals surface area contributed by atoms with Crippen LogP contribution in [-0.2, 0) is 17.6 Å². The van der Waals surface area contributed by atoms with Crippen LogP contribution in [0.15, 0.2) is 66.7 Å². The van der Waals surface area contributed by atoms with Crippen LogP contribution in [0.4, 0.5) is 18.9 Å². The first-order chi connectivity index (χ1) is 21.4. The Morgan fingerprint density at radius 2 is 1.71 bits per heavy atom. The van der Waals surface area contributed by atoms with E-state index in [-0.39, 0.29) is 35.7 Å². The highest BCUT2D eigenvalue weighted by molar-refractivity contribution is 5.89. The van der Waals surface area contributed by atoms with Gasteiger partial charge in [0.25, 0.3) is 0 Å². The van der Waals surface area contributed by atoms with Crippen molar-refractivity contribution >= 4 is 11.7 Å². The molecule has 0 saturated carbocycles. The molecular formula is C35H40F3N3O4. The summed E-state index contributed by atoms with van der Waals surface area (Å²) in [6, 6.07) is 21.9. The number of esters is 1. The summed E-state index contributed by atoms with van der Waals surface area (Å²) in [4.78, 5) is 14.4. The molecule has 4 rings (SSSR count). The number of ether oxygens (including phenoxy) is 3. The SMILES string of the molecule is C[C@H](Cc1cc(C#N)c2c(c1)CCN2CCCOC(=O)c1ccccc1)NC(C)(C)CCOc1ccccc1OCC(F)(F)F. The van der Waals surface area contributed by atoms with Crippen LogP contribution in [0.3, 0.4) is 0 Å². The molecule has 0 saturated heterocycles. The minimum atomic E-state index is -4.43. The summed E-state index contributed by atoms with van der Waals surface area (Å²) in [6.07, 6.45) is -1.59. The van der Waals surface area contributed by atoms with Crippen LogP contribution in [0, 0.1) is 11.3 Å². The normalized spacial score (nSPS) is 13.6. The Bertz CT molecular complexity index is 1470. The Morgan fingerprint density at radius 1 is 1.02 bits per heavy atom. The molecule has 10 heteroatoms. The number of para-hydroxylation sites is 2. The lowest BCUT2D eigenvalue weighted by atomic mass is 9.95. The Hall–Kier alpha value is -4.23. The van der Waals surface area contributed by atoms with Crippen molar-refractivity contribution in [2.24, 2.45) is 0 Å². The number of carbonyl (C=O) groups is 1. The number of nitrogens with one attached hydrogen (secondary N) is 1. The number of carbonyl (C=O) groups excluding carboxylic acids is 1. The smallest absolute Gasteiger partial charge is 0.422 e. The van der Waals surface area contributed by atoms with Crippen molar-refractivity contribution in [1.29, 1.82) is 5.26 Å². The van der Waals surface area contributed by atoms with Gasteiger partial charge in [-0.15, -0.1) is 0 Å². The molecule has 1 aliphatic rings. The molecule has 0 bridgehead atoms. The van der Waals surface area contributed by atoms with Gasteiger partial charge in [-0.05, 0) is 87.9 Å². The molecule has 1 N–H and O–H groups in total. The van der Waals surface area contributed by atoms with Crippen molar-refractivity contribution < 1.29 is 32.2 Å². The first-order valence-electron chi connectivity index (χ1n) is 15.2. The van der Waals surface area contributed by atoms with E-state index in [0.717, 1.165) is 36.2 Å². The number of anilines is 1. The third-order valence-electron chi connectivity index (χ3n) is 7.56. The monoisotopic (exact) mass is 623 g/mol. The molecule has 3 aromatic rings. The first kappa shape index (κ1) is 33.7. The predicted molar refractivity (Wildman–Crippen MR) is 167 cm³/mol. The maximum atomic E-state index is 12.6. The maximum absolute atomic E-state index is 12.6.